The van der Waals surface area contributed by atoms with Gasteiger partial charge in [0.2, 0.25) is 6.41 Å². The highest BCUT2D eigenvalue weighted by atomic mass is 35.5. The van der Waals surface area contributed by atoms with Gasteiger partial charge >= 0.3 is 0 Å². The molecular formula is C20H22Cl2N4OS. The minimum absolute atomic E-state index is 0.546. The van der Waals surface area contributed by atoms with E-state index in [4.69, 9.17) is 28.9 Å². The Morgan fingerprint density at radius 3 is 2.68 bits per heavy atom. The van der Waals surface area contributed by atoms with Crippen molar-refractivity contribution in [3.8, 4) is 0 Å². The first kappa shape index (κ1) is 20.8. The van der Waals surface area contributed by atoms with Crippen molar-refractivity contribution in [3.63, 3.8) is 0 Å². The van der Waals surface area contributed by atoms with E-state index in [1.165, 1.54) is 4.88 Å². The van der Waals surface area contributed by atoms with Crippen LogP contribution in [0, 0.1) is 13.8 Å². The Morgan fingerprint density at radius 2 is 2.00 bits per heavy atom. The lowest BCUT2D eigenvalue weighted by Gasteiger charge is -2.27. The zero-order valence-electron chi connectivity index (χ0n) is 15.8. The zero-order valence-corrected chi connectivity index (χ0v) is 18.2. The highest BCUT2D eigenvalue weighted by molar-refractivity contribution is 7.11. The second-order valence-electron chi connectivity index (χ2n) is 6.73. The number of nitrogens with zero attached hydrogens (tertiary/aromatic N) is 3. The van der Waals surface area contributed by atoms with Crippen LogP contribution in [0.15, 0.2) is 34.5 Å². The van der Waals surface area contributed by atoms with Gasteiger partial charge in [-0.2, -0.15) is 0 Å². The highest BCUT2D eigenvalue weighted by Crippen LogP contribution is 2.27. The summed E-state index contributed by atoms with van der Waals surface area (Å²) in [7, 11) is 0. The molecule has 28 heavy (non-hydrogen) atoms. The van der Waals surface area contributed by atoms with Crippen molar-refractivity contribution >= 4 is 46.7 Å². The fourth-order valence-corrected chi connectivity index (χ4v) is 4.40. The van der Waals surface area contributed by atoms with E-state index in [0.29, 0.717) is 29.6 Å². The molecule has 3 heterocycles. The van der Waals surface area contributed by atoms with Crippen LogP contribution in [0.5, 0.6) is 0 Å². The summed E-state index contributed by atoms with van der Waals surface area (Å²) in [6.07, 6.45) is 2.55. The summed E-state index contributed by atoms with van der Waals surface area (Å²) in [6.45, 7) is 6.00. The molecule has 0 radical (unpaired) electrons. The predicted molar refractivity (Wildman–Crippen MR) is 117 cm³/mol. The average Bonchev–Trinajstić information content (AvgIpc) is 3.06. The average molecular weight is 437 g/mol. The van der Waals surface area contributed by atoms with Gasteiger partial charge in [0.1, 0.15) is 5.69 Å². The molecule has 0 unspecified atom stereocenters. The summed E-state index contributed by atoms with van der Waals surface area (Å²) in [5.74, 6) is 0. The summed E-state index contributed by atoms with van der Waals surface area (Å²) in [6, 6.07) is 5.55. The molecule has 1 aromatic heterocycles. The predicted octanol–water partition coefficient (Wildman–Crippen LogP) is 4.17. The Balaban J connectivity index is 0.000000211. The fourth-order valence-electron chi connectivity index (χ4n) is 3.12. The number of aliphatic imine (C=N–C) groups is 1. The molecule has 2 aliphatic rings. The number of amides is 1. The molecule has 2 aromatic rings. The third kappa shape index (κ3) is 4.74. The largest absolute Gasteiger partial charge is 0.402 e. The number of carbonyl (C=O) groups is 1. The number of nitrogens with two attached hydrogens (primary N) is 1. The topological polar surface area (TPSA) is 71.6 Å². The van der Waals surface area contributed by atoms with Crippen LogP contribution in [0.1, 0.15) is 27.6 Å². The van der Waals surface area contributed by atoms with E-state index >= 15 is 0 Å². The Morgan fingerprint density at radius 1 is 1.21 bits per heavy atom. The maximum absolute atomic E-state index is 11.0. The molecule has 1 aromatic carbocycles. The smallest absolute Gasteiger partial charge is 0.210 e. The molecule has 1 amide bonds. The number of aromatic nitrogens is 1. The van der Waals surface area contributed by atoms with Crippen LogP contribution in [0.4, 0.5) is 0 Å². The van der Waals surface area contributed by atoms with Crippen LogP contribution in [-0.4, -0.2) is 41.6 Å². The molecule has 0 fully saturated rings. The fraction of sp³-hybridized carbons (Fsp3) is 0.350. The zero-order chi connectivity index (χ0) is 20.3. The van der Waals surface area contributed by atoms with Crippen molar-refractivity contribution in [1.29, 1.82) is 0 Å². The number of benzene rings is 1. The molecule has 2 N–H and O–H groups in total. The Hall–Kier alpha value is -1.89. The second-order valence-corrected chi connectivity index (χ2v) is 8.83. The molecule has 148 valence electrons. The Bertz CT molecular complexity index is 952. The quantitative estimate of drug-likeness (QED) is 0.717. The van der Waals surface area contributed by atoms with Crippen molar-refractivity contribution in [2.75, 3.05) is 19.6 Å². The first-order valence-corrected chi connectivity index (χ1v) is 10.6. The standard InChI is InChI=1S/C13H16N4OS.C7H6Cl2/c1-8-16-13-11(19-8)2-4-15-12(13)9-6-17(7-18)5-3-10(9)14;1-5-2-3-6(8)7(9)4-5/h7H,2-6,14H2,1H3;2-4H,1H3. The lowest BCUT2D eigenvalue weighted by Crippen LogP contribution is -2.36. The number of thiazole rings is 1. The third-order valence-electron chi connectivity index (χ3n) is 4.56. The molecule has 5 nitrogen and oxygen atoms in total. The van der Waals surface area contributed by atoms with Crippen LogP contribution in [-0.2, 0) is 11.2 Å². The van der Waals surface area contributed by atoms with Gasteiger partial charge in [-0.25, -0.2) is 4.98 Å². The number of carbonyl (C=O) groups excluding carboxylic acids is 1. The van der Waals surface area contributed by atoms with Gasteiger partial charge in [0.05, 0.1) is 20.8 Å². The first-order chi connectivity index (χ1) is 13.4. The molecule has 0 bridgehead atoms. The first-order valence-electron chi connectivity index (χ1n) is 8.99. The maximum Gasteiger partial charge on any atom is 0.210 e. The molecule has 0 saturated carbocycles. The number of aryl methyl sites for hydroxylation is 2. The molecule has 0 aliphatic carbocycles. The van der Waals surface area contributed by atoms with Gasteiger partial charge in [-0.15, -0.1) is 11.3 Å². The van der Waals surface area contributed by atoms with E-state index in [2.05, 4.69) is 9.98 Å². The molecule has 0 spiro atoms. The summed E-state index contributed by atoms with van der Waals surface area (Å²) >= 11 is 13.1. The van der Waals surface area contributed by atoms with Crippen LogP contribution in [0.2, 0.25) is 10.0 Å². The van der Waals surface area contributed by atoms with Gasteiger partial charge in [-0.05, 0) is 31.5 Å². The van der Waals surface area contributed by atoms with Crippen molar-refractivity contribution in [2.45, 2.75) is 26.7 Å². The van der Waals surface area contributed by atoms with Crippen molar-refractivity contribution < 1.29 is 4.79 Å². The summed E-state index contributed by atoms with van der Waals surface area (Å²) in [5, 5.41) is 2.29. The number of hydrogen-bond acceptors (Lipinski definition) is 5. The van der Waals surface area contributed by atoms with E-state index < -0.39 is 0 Å². The monoisotopic (exact) mass is 436 g/mol. The van der Waals surface area contributed by atoms with Crippen molar-refractivity contribution in [1.82, 2.24) is 9.88 Å². The number of halogens is 2. The van der Waals surface area contributed by atoms with E-state index in [1.54, 1.807) is 22.3 Å². The van der Waals surface area contributed by atoms with Gasteiger partial charge in [-0.1, -0.05) is 29.3 Å². The summed E-state index contributed by atoms with van der Waals surface area (Å²) in [4.78, 5) is 23.2. The van der Waals surface area contributed by atoms with Gasteiger partial charge < -0.3 is 10.6 Å². The van der Waals surface area contributed by atoms with Gasteiger partial charge in [0.25, 0.3) is 0 Å². The van der Waals surface area contributed by atoms with Crippen molar-refractivity contribution in [2.24, 2.45) is 10.7 Å². The number of hydrogen-bond donors (Lipinski definition) is 1. The van der Waals surface area contributed by atoms with Crippen molar-refractivity contribution in [3.05, 3.63) is 60.7 Å². The lowest BCUT2D eigenvalue weighted by atomic mass is 9.97. The summed E-state index contributed by atoms with van der Waals surface area (Å²) < 4.78 is 0. The molecule has 0 saturated heterocycles. The Labute approximate surface area is 178 Å². The minimum Gasteiger partial charge on any atom is -0.402 e. The highest BCUT2D eigenvalue weighted by Gasteiger charge is 2.26. The Kier molecular flexibility index (Phi) is 6.75. The molecule has 4 rings (SSSR count). The van der Waals surface area contributed by atoms with Gasteiger partial charge in [-0.3, -0.25) is 9.79 Å². The summed E-state index contributed by atoms with van der Waals surface area (Å²) in [5.41, 5.74) is 10.9. The minimum atomic E-state index is 0.546. The molecule has 0 atom stereocenters. The van der Waals surface area contributed by atoms with E-state index in [0.717, 1.165) is 52.6 Å². The third-order valence-corrected chi connectivity index (χ3v) is 6.33. The van der Waals surface area contributed by atoms with Gasteiger partial charge in [0.15, 0.2) is 0 Å². The van der Waals surface area contributed by atoms with E-state index in [-0.39, 0.29) is 0 Å². The van der Waals surface area contributed by atoms with E-state index in [9.17, 15) is 4.79 Å². The van der Waals surface area contributed by atoms with Crippen LogP contribution in [0.3, 0.4) is 0 Å². The van der Waals surface area contributed by atoms with Crippen LogP contribution in [0.25, 0.3) is 0 Å². The van der Waals surface area contributed by atoms with Crippen LogP contribution < -0.4 is 5.73 Å². The van der Waals surface area contributed by atoms with Crippen LogP contribution >= 0.6 is 34.5 Å². The van der Waals surface area contributed by atoms with E-state index in [1.807, 2.05) is 26.0 Å². The lowest BCUT2D eigenvalue weighted by molar-refractivity contribution is -0.117. The SMILES string of the molecule is Cc1ccc(Cl)c(Cl)c1.Cc1nc2c(s1)CCN=C2C1=C(N)CCN(C=O)C1. The van der Waals surface area contributed by atoms with Gasteiger partial charge in [0, 0.05) is 48.6 Å². The maximum atomic E-state index is 11.0. The molecule has 2 aliphatic heterocycles. The normalized spacial score (nSPS) is 16.1. The molecular weight excluding hydrogens is 415 g/mol. The molecule has 8 heteroatoms. The number of fused-ring (bicyclic) bond motifs is 1. The number of rotatable bonds is 2. The second kappa shape index (κ2) is 9.07.